The highest BCUT2D eigenvalue weighted by atomic mass is 32.2. The Hall–Kier alpha value is -4.34. The Morgan fingerprint density at radius 1 is 1.04 bits per heavy atom. The highest BCUT2D eigenvalue weighted by Gasteiger charge is 2.62. The van der Waals surface area contributed by atoms with Gasteiger partial charge in [0.05, 0.1) is 17.4 Å². The predicted molar refractivity (Wildman–Crippen MR) is 176 cm³/mol. The number of fused-ring (bicyclic) bond motifs is 3. The van der Waals surface area contributed by atoms with E-state index in [0.717, 1.165) is 12.8 Å². The van der Waals surface area contributed by atoms with Gasteiger partial charge in [0.15, 0.2) is 11.5 Å². The van der Waals surface area contributed by atoms with Gasteiger partial charge in [0, 0.05) is 12.3 Å². The molecule has 15 nitrogen and oxygen atoms in total. The first-order chi connectivity index (χ1) is 23.6. The number of hydrogen-bond acceptors (Lipinski definition) is 11. The van der Waals surface area contributed by atoms with Gasteiger partial charge < -0.3 is 34.5 Å². The van der Waals surface area contributed by atoms with Gasteiger partial charge in [-0.2, -0.15) is 0 Å². The molecule has 2 aliphatic carbocycles. The van der Waals surface area contributed by atoms with E-state index in [2.05, 4.69) is 15.4 Å². The lowest BCUT2D eigenvalue weighted by Crippen LogP contribution is -2.58. The summed E-state index contributed by atoms with van der Waals surface area (Å²) in [5.74, 6) is -2.42. The molecule has 3 aliphatic heterocycles. The van der Waals surface area contributed by atoms with Gasteiger partial charge in [0.25, 0.3) is 5.91 Å². The third-order valence-corrected chi connectivity index (χ3v) is 11.2. The van der Waals surface area contributed by atoms with Crippen LogP contribution >= 0.6 is 0 Å². The Labute approximate surface area is 290 Å². The fourth-order valence-electron chi connectivity index (χ4n) is 6.54. The van der Waals surface area contributed by atoms with E-state index >= 15 is 0 Å². The number of carbonyl (C=O) groups excluding carboxylic acids is 5. The van der Waals surface area contributed by atoms with Gasteiger partial charge in [-0.25, -0.2) is 18.0 Å². The van der Waals surface area contributed by atoms with Crippen molar-refractivity contribution in [2.24, 2.45) is 5.92 Å². The van der Waals surface area contributed by atoms with Crippen LogP contribution in [0.15, 0.2) is 30.4 Å². The second-order valence-electron chi connectivity index (χ2n) is 14.5. The zero-order valence-corrected chi connectivity index (χ0v) is 29.2. The summed E-state index contributed by atoms with van der Waals surface area (Å²) < 4.78 is 49.5. The molecule has 272 valence electrons. The summed E-state index contributed by atoms with van der Waals surface area (Å²) in [6.07, 6.45) is 6.01. The molecule has 3 N–H and O–H groups in total. The van der Waals surface area contributed by atoms with E-state index in [-0.39, 0.29) is 38.2 Å². The summed E-state index contributed by atoms with van der Waals surface area (Å²) >= 11 is 0. The molecule has 2 saturated carbocycles. The number of carbonyl (C=O) groups is 5. The van der Waals surface area contributed by atoms with Gasteiger partial charge in [-0.05, 0) is 77.5 Å². The van der Waals surface area contributed by atoms with Crippen LogP contribution in [-0.2, 0) is 33.9 Å². The van der Waals surface area contributed by atoms with Crippen LogP contribution in [0.25, 0.3) is 0 Å². The van der Waals surface area contributed by atoms with Crippen LogP contribution in [0, 0.1) is 5.92 Å². The van der Waals surface area contributed by atoms with Gasteiger partial charge in [0.1, 0.15) is 29.3 Å². The molecule has 1 saturated heterocycles. The van der Waals surface area contributed by atoms with E-state index in [4.69, 9.17) is 18.9 Å². The lowest BCUT2D eigenvalue weighted by Gasteiger charge is -2.30. The van der Waals surface area contributed by atoms with E-state index in [1.54, 1.807) is 26.8 Å². The Bertz CT molecular complexity index is 1690. The molecule has 5 unspecified atom stereocenters. The molecule has 0 radical (unpaired) electrons. The Morgan fingerprint density at radius 3 is 2.54 bits per heavy atom. The van der Waals surface area contributed by atoms with Crippen LogP contribution in [0.4, 0.5) is 4.79 Å². The summed E-state index contributed by atoms with van der Waals surface area (Å²) in [7, 11) is -3.91. The number of benzene rings is 1. The van der Waals surface area contributed by atoms with Crippen molar-refractivity contribution in [1.29, 1.82) is 0 Å². The molecule has 5 atom stereocenters. The van der Waals surface area contributed by atoms with Crippen LogP contribution in [-0.4, -0.2) is 91.0 Å². The molecule has 5 aliphatic rings. The maximum absolute atomic E-state index is 14.2. The molecule has 16 heteroatoms. The van der Waals surface area contributed by atoms with Crippen molar-refractivity contribution in [1.82, 2.24) is 20.3 Å². The van der Waals surface area contributed by atoms with Gasteiger partial charge in [-0.3, -0.25) is 19.1 Å². The van der Waals surface area contributed by atoms with Crippen molar-refractivity contribution in [2.75, 3.05) is 13.3 Å². The largest absolute Gasteiger partial charge is 0.457 e. The Kier molecular flexibility index (Phi) is 9.76. The average Bonchev–Trinajstić information content (AvgIpc) is 3.92. The SMILES string of the molecule is CC(C)(C)OC(=O)NC1CCCCC/C=C\C2CC2(C(=O)NS(=O)(=O)C2CC2)NC(=O)C2CC(OC(=O)c3ccc4c(c3)OCO4)CN2C1=O. The Morgan fingerprint density at radius 2 is 1.80 bits per heavy atom. The minimum atomic E-state index is -3.91. The molecular formula is C34H44N4O11S. The zero-order valence-electron chi connectivity index (χ0n) is 28.4. The molecule has 1 aromatic carbocycles. The van der Waals surface area contributed by atoms with Crippen LogP contribution in [0.3, 0.4) is 0 Å². The number of alkyl carbamates (subject to hydrolysis) is 1. The number of hydrogen-bond donors (Lipinski definition) is 3. The van der Waals surface area contributed by atoms with E-state index in [9.17, 15) is 32.4 Å². The van der Waals surface area contributed by atoms with Crippen LogP contribution < -0.4 is 24.8 Å². The van der Waals surface area contributed by atoms with Gasteiger partial charge in [0.2, 0.25) is 28.6 Å². The van der Waals surface area contributed by atoms with Crippen molar-refractivity contribution in [3.63, 3.8) is 0 Å². The molecular weight excluding hydrogens is 672 g/mol. The molecule has 50 heavy (non-hydrogen) atoms. The fraction of sp³-hybridized carbons (Fsp3) is 0.618. The number of rotatable bonds is 6. The minimum absolute atomic E-state index is 0.0193. The molecule has 0 aromatic heterocycles. The minimum Gasteiger partial charge on any atom is -0.457 e. The normalized spacial score (nSPS) is 28.9. The fourth-order valence-corrected chi connectivity index (χ4v) is 7.90. The van der Waals surface area contributed by atoms with Gasteiger partial charge >= 0.3 is 12.1 Å². The maximum atomic E-state index is 14.2. The first-order valence-electron chi connectivity index (χ1n) is 17.1. The molecule has 3 fully saturated rings. The number of nitrogens with zero attached hydrogens (tertiary/aromatic N) is 1. The lowest BCUT2D eigenvalue weighted by molar-refractivity contribution is -0.141. The second-order valence-corrected chi connectivity index (χ2v) is 16.5. The number of esters is 1. The number of amides is 4. The summed E-state index contributed by atoms with van der Waals surface area (Å²) in [5, 5.41) is 4.81. The van der Waals surface area contributed by atoms with E-state index in [1.165, 1.54) is 17.0 Å². The van der Waals surface area contributed by atoms with Crippen LogP contribution in [0.2, 0.25) is 0 Å². The molecule has 4 amide bonds. The first-order valence-corrected chi connectivity index (χ1v) is 18.7. The van der Waals surface area contributed by atoms with Crippen molar-refractivity contribution in [3.05, 3.63) is 35.9 Å². The van der Waals surface area contributed by atoms with Crippen LogP contribution in [0.1, 0.15) is 88.9 Å². The third-order valence-electron chi connectivity index (χ3n) is 9.42. The standard InChI is InChI=1S/C34H44N4O11S/c1-33(2,3)49-32(43)35-24-10-8-6-4-5-7-9-21-17-34(21,31(42)37-50(44,45)23-12-13-23)36-28(39)25-16-22(18-38(25)29(24)40)48-30(41)20-11-14-26-27(15-20)47-19-46-26/h7,9,11,14-15,21-25H,4-6,8,10,12-13,16-19H2,1-3H3,(H,35,43)(H,36,39)(H,37,42)/b9-7-. The summed E-state index contributed by atoms with van der Waals surface area (Å²) in [4.78, 5) is 69.3. The number of allylic oxidation sites excluding steroid dienone is 1. The van der Waals surface area contributed by atoms with Crippen LogP contribution in [0.5, 0.6) is 11.5 Å². The maximum Gasteiger partial charge on any atom is 0.408 e. The highest BCUT2D eigenvalue weighted by Crippen LogP contribution is 2.46. The summed E-state index contributed by atoms with van der Waals surface area (Å²) in [6, 6.07) is 2.31. The van der Waals surface area contributed by atoms with Crippen molar-refractivity contribution in [2.45, 2.75) is 113 Å². The van der Waals surface area contributed by atoms with Gasteiger partial charge in [-0.15, -0.1) is 0 Å². The molecule has 0 bridgehead atoms. The number of sulfonamides is 1. The quantitative estimate of drug-likeness (QED) is 0.289. The van der Waals surface area contributed by atoms with E-state index < -0.39 is 80.3 Å². The topological polar surface area (TPSA) is 196 Å². The molecule has 1 aromatic rings. The van der Waals surface area contributed by atoms with Gasteiger partial charge in [-0.1, -0.05) is 25.0 Å². The number of ether oxygens (including phenoxy) is 4. The number of nitrogens with one attached hydrogen (secondary N) is 3. The molecule has 6 rings (SSSR count). The second kappa shape index (κ2) is 13.8. The average molecular weight is 717 g/mol. The monoisotopic (exact) mass is 716 g/mol. The Balaban J connectivity index is 1.26. The molecule has 3 heterocycles. The first kappa shape index (κ1) is 35.5. The lowest BCUT2D eigenvalue weighted by atomic mass is 10.0. The smallest absolute Gasteiger partial charge is 0.408 e. The summed E-state index contributed by atoms with van der Waals surface area (Å²) in [6.45, 7) is 4.95. The zero-order chi connectivity index (χ0) is 35.8. The van der Waals surface area contributed by atoms with Crippen molar-refractivity contribution in [3.8, 4) is 11.5 Å². The highest BCUT2D eigenvalue weighted by molar-refractivity contribution is 7.91. The predicted octanol–water partition coefficient (Wildman–Crippen LogP) is 2.44. The van der Waals surface area contributed by atoms with Crippen molar-refractivity contribution < 1.29 is 51.3 Å². The van der Waals surface area contributed by atoms with E-state index in [1.807, 2.05) is 12.2 Å². The molecule has 0 spiro atoms. The summed E-state index contributed by atoms with van der Waals surface area (Å²) in [5.41, 5.74) is -2.19. The van der Waals surface area contributed by atoms with E-state index in [0.29, 0.717) is 37.2 Å². The third kappa shape index (κ3) is 8.00. The van der Waals surface area contributed by atoms with Crippen molar-refractivity contribution >= 4 is 39.8 Å².